The van der Waals surface area contributed by atoms with Gasteiger partial charge in [0.05, 0.1) is 50.1 Å². The van der Waals surface area contributed by atoms with Crippen LogP contribution in [0.1, 0.15) is 21.5 Å². The summed E-state index contributed by atoms with van der Waals surface area (Å²) in [6.07, 6.45) is 0. The minimum Gasteiger partial charge on any atom is -0.478 e. The van der Waals surface area contributed by atoms with Crippen molar-refractivity contribution in [2.45, 2.75) is 11.8 Å². The van der Waals surface area contributed by atoms with Crippen LogP contribution >= 0.6 is 0 Å². The highest BCUT2D eigenvalue weighted by molar-refractivity contribution is 7.86. The first kappa shape index (κ1) is 25.5. The fourth-order valence-electron chi connectivity index (χ4n) is 2.41. The van der Waals surface area contributed by atoms with Crippen molar-refractivity contribution in [1.29, 1.82) is 0 Å². The van der Waals surface area contributed by atoms with E-state index in [9.17, 15) is 13.2 Å². The molecule has 0 aromatic heterocycles. The highest BCUT2D eigenvalue weighted by Crippen LogP contribution is 2.12. The fourth-order valence-corrected chi connectivity index (χ4v) is 3.30. The summed E-state index contributed by atoms with van der Waals surface area (Å²) in [6.45, 7) is 3.47. The summed E-state index contributed by atoms with van der Waals surface area (Å²) >= 11 is 0. The number of aromatic carboxylic acids is 1. The first-order valence-corrected chi connectivity index (χ1v) is 11.3. The zero-order chi connectivity index (χ0) is 23.2. The van der Waals surface area contributed by atoms with Crippen LogP contribution in [-0.4, -0.2) is 65.7 Å². The average Bonchev–Trinajstić information content (AvgIpc) is 2.77. The molecule has 0 spiro atoms. The summed E-state index contributed by atoms with van der Waals surface area (Å²) < 4.78 is 44.9. The summed E-state index contributed by atoms with van der Waals surface area (Å²) in [5.41, 5.74) is 1.76. The Hall–Kier alpha value is -2.74. The molecule has 0 aliphatic carbocycles. The summed E-state index contributed by atoms with van der Waals surface area (Å²) in [4.78, 5) is 11.0. The Morgan fingerprint density at radius 1 is 0.906 bits per heavy atom. The zero-order valence-electron chi connectivity index (χ0n) is 17.8. The molecule has 0 radical (unpaired) electrons. The molecule has 0 saturated heterocycles. The van der Waals surface area contributed by atoms with Crippen LogP contribution in [0.15, 0.2) is 53.4 Å². The highest BCUT2D eigenvalue weighted by Gasteiger charge is 2.14. The van der Waals surface area contributed by atoms with Crippen molar-refractivity contribution >= 4 is 16.1 Å². The van der Waals surface area contributed by atoms with Crippen molar-refractivity contribution in [3.8, 4) is 11.8 Å². The van der Waals surface area contributed by atoms with Crippen molar-refractivity contribution in [2.75, 3.05) is 46.2 Å². The second-order valence-corrected chi connectivity index (χ2v) is 8.17. The van der Waals surface area contributed by atoms with E-state index >= 15 is 0 Å². The highest BCUT2D eigenvalue weighted by atomic mass is 32.2. The summed E-state index contributed by atoms with van der Waals surface area (Å²) in [6, 6.07) is 12.8. The maximum Gasteiger partial charge on any atom is 0.335 e. The quantitative estimate of drug-likeness (QED) is 0.275. The van der Waals surface area contributed by atoms with Crippen molar-refractivity contribution in [3.63, 3.8) is 0 Å². The SMILES string of the molecule is Cc1ccc(S(=O)(=O)OCCOCCOCCOCC#Cc2cccc(C(=O)O)c2)cc1. The lowest BCUT2D eigenvalue weighted by atomic mass is 10.1. The van der Waals surface area contributed by atoms with E-state index < -0.39 is 16.1 Å². The number of carboxylic acids is 1. The fraction of sp³-hybridized carbons (Fsp3) is 0.348. The minimum absolute atomic E-state index is 0.0760. The molecule has 0 atom stereocenters. The topological polar surface area (TPSA) is 108 Å². The molecule has 0 aliphatic rings. The number of ether oxygens (including phenoxy) is 3. The number of carbonyl (C=O) groups is 1. The largest absolute Gasteiger partial charge is 0.478 e. The molecule has 0 amide bonds. The molecule has 0 bridgehead atoms. The van der Waals surface area contributed by atoms with Gasteiger partial charge in [-0.2, -0.15) is 8.42 Å². The lowest BCUT2D eigenvalue weighted by Crippen LogP contribution is -2.14. The zero-order valence-corrected chi connectivity index (χ0v) is 18.6. The van der Waals surface area contributed by atoms with Gasteiger partial charge in [0.1, 0.15) is 6.61 Å². The van der Waals surface area contributed by atoms with Crippen molar-refractivity contribution in [1.82, 2.24) is 0 Å². The van der Waals surface area contributed by atoms with Crippen LogP contribution in [0.4, 0.5) is 0 Å². The van der Waals surface area contributed by atoms with Crippen LogP contribution < -0.4 is 0 Å². The van der Waals surface area contributed by atoms with Gasteiger partial charge in [0.15, 0.2) is 0 Å². The van der Waals surface area contributed by atoms with E-state index in [0.717, 1.165) is 5.56 Å². The summed E-state index contributed by atoms with van der Waals surface area (Å²) in [5, 5.41) is 8.94. The molecule has 0 fully saturated rings. The monoisotopic (exact) mass is 462 g/mol. The molecule has 2 rings (SSSR count). The molecule has 9 heteroatoms. The van der Waals surface area contributed by atoms with Crippen LogP contribution in [0, 0.1) is 18.8 Å². The van der Waals surface area contributed by atoms with E-state index in [-0.39, 0.29) is 30.3 Å². The van der Waals surface area contributed by atoms with Crippen molar-refractivity contribution < 1.29 is 36.7 Å². The van der Waals surface area contributed by atoms with Gasteiger partial charge >= 0.3 is 5.97 Å². The number of benzene rings is 2. The Morgan fingerprint density at radius 2 is 1.53 bits per heavy atom. The molecule has 2 aromatic rings. The van der Waals surface area contributed by atoms with Crippen LogP contribution in [0.25, 0.3) is 0 Å². The maximum atomic E-state index is 12.0. The van der Waals surface area contributed by atoms with Gasteiger partial charge < -0.3 is 19.3 Å². The Morgan fingerprint density at radius 3 is 2.19 bits per heavy atom. The van der Waals surface area contributed by atoms with Crippen LogP contribution in [-0.2, 0) is 28.5 Å². The Labute approximate surface area is 188 Å². The molecule has 32 heavy (non-hydrogen) atoms. The summed E-state index contributed by atoms with van der Waals surface area (Å²) in [7, 11) is -3.78. The summed E-state index contributed by atoms with van der Waals surface area (Å²) in [5.74, 6) is 4.66. The smallest absolute Gasteiger partial charge is 0.335 e. The molecule has 1 N–H and O–H groups in total. The van der Waals surface area contributed by atoms with Gasteiger partial charge in [-0.05, 0) is 37.3 Å². The van der Waals surface area contributed by atoms with Gasteiger partial charge in [-0.3, -0.25) is 4.18 Å². The Balaban J connectivity index is 1.47. The Kier molecular flexibility index (Phi) is 10.9. The van der Waals surface area contributed by atoms with Crippen LogP contribution in [0.3, 0.4) is 0 Å². The van der Waals surface area contributed by atoms with E-state index in [1.807, 2.05) is 6.92 Å². The van der Waals surface area contributed by atoms with Crippen LogP contribution in [0.2, 0.25) is 0 Å². The predicted molar refractivity (Wildman–Crippen MR) is 117 cm³/mol. The molecule has 0 unspecified atom stereocenters. The first-order chi connectivity index (χ1) is 15.4. The van der Waals surface area contributed by atoms with E-state index in [1.54, 1.807) is 24.3 Å². The lowest BCUT2D eigenvalue weighted by molar-refractivity contribution is 0.0146. The Bertz CT molecular complexity index is 1020. The number of carboxylic acid groups (broad SMARTS) is 1. The number of hydrogen-bond donors (Lipinski definition) is 1. The molecule has 8 nitrogen and oxygen atoms in total. The van der Waals surface area contributed by atoms with Gasteiger partial charge in [0.25, 0.3) is 10.1 Å². The molecule has 0 aliphatic heterocycles. The van der Waals surface area contributed by atoms with E-state index in [4.69, 9.17) is 23.5 Å². The van der Waals surface area contributed by atoms with Crippen LogP contribution in [0.5, 0.6) is 0 Å². The minimum atomic E-state index is -3.78. The van der Waals surface area contributed by atoms with Gasteiger partial charge in [0, 0.05) is 5.56 Å². The molecule has 0 heterocycles. The third kappa shape index (κ3) is 9.60. The van der Waals surface area contributed by atoms with Gasteiger partial charge in [-0.25, -0.2) is 4.79 Å². The number of rotatable bonds is 13. The molecular formula is C23H26O8S. The maximum absolute atomic E-state index is 12.0. The van der Waals surface area contributed by atoms with Gasteiger partial charge in [0.2, 0.25) is 0 Å². The molecule has 2 aromatic carbocycles. The third-order valence-corrected chi connectivity index (χ3v) is 5.36. The molecule has 172 valence electrons. The van der Waals surface area contributed by atoms with Crippen molar-refractivity contribution in [3.05, 3.63) is 65.2 Å². The number of aryl methyl sites for hydroxylation is 1. The van der Waals surface area contributed by atoms with E-state index in [1.165, 1.54) is 24.3 Å². The molecular weight excluding hydrogens is 436 g/mol. The molecule has 0 saturated carbocycles. The van der Waals surface area contributed by atoms with Gasteiger partial charge in [-0.1, -0.05) is 35.6 Å². The first-order valence-electron chi connectivity index (χ1n) is 9.90. The van der Waals surface area contributed by atoms with E-state index in [0.29, 0.717) is 32.0 Å². The second-order valence-electron chi connectivity index (χ2n) is 6.55. The normalized spacial score (nSPS) is 11.0. The average molecular weight is 463 g/mol. The predicted octanol–water partition coefficient (Wildman–Crippen LogP) is 2.50. The number of hydrogen-bond acceptors (Lipinski definition) is 7. The standard InChI is InChI=1S/C23H26O8S/c1-19-7-9-22(10-8-19)32(26,27)31-17-16-30-15-14-29-13-12-28-11-3-5-20-4-2-6-21(18-20)23(24)25/h2,4,6-10,18H,11-17H2,1H3,(H,24,25). The van der Waals surface area contributed by atoms with Gasteiger partial charge in [-0.15, -0.1) is 0 Å². The third-order valence-electron chi connectivity index (χ3n) is 4.04. The van der Waals surface area contributed by atoms with Crippen molar-refractivity contribution in [2.24, 2.45) is 0 Å². The lowest BCUT2D eigenvalue weighted by Gasteiger charge is -2.07. The van der Waals surface area contributed by atoms with E-state index in [2.05, 4.69) is 11.8 Å². The second kappa shape index (κ2) is 13.6.